The third-order valence-corrected chi connectivity index (χ3v) is 4.78. The number of hydrogen-bond donors (Lipinski definition) is 0. The highest BCUT2D eigenvalue weighted by molar-refractivity contribution is 5.93. The summed E-state index contributed by atoms with van der Waals surface area (Å²) < 4.78 is 20.1. The second kappa shape index (κ2) is 11.3. The molecule has 0 atom stereocenters. The van der Waals surface area contributed by atoms with Crippen molar-refractivity contribution in [3.05, 3.63) is 94.0 Å². The lowest BCUT2D eigenvalue weighted by Crippen LogP contribution is -2.04. The molecule has 0 aromatic heterocycles. The van der Waals surface area contributed by atoms with Crippen molar-refractivity contribution in [2.75, 3.05) is 28.4 Å². The minimum atomic E-state index is -0.472. The Kier molecular flexibility index (Phi) is 7.94. The summed E-state index contributed by atoms with van der Waals surface area (Å²) in [6, 6.07) is 17.6. The fourth-order valence-electron chi connectivity index (χ4n) is 3.06. The van der Waals surface area contributed by atoms with E-state index in [-0.39, 0.29) is 0 Å². The number of methoxy groups -OCH3 is 4. The molecule has 34 heavy (non-hydrogen) atoms. The number of benzene rings is 3. The molecule has 0 spiro atoms. The first-order valence-electron chi connectivity index (χ1n) is 10.2. The van der Waals surface area contributed by atoms with Gasteiger partial charge in [-0.1, -0.05) is 29.7 Å². The Morgan fingerprint density at radius 3 is 1.29 bits per heavy atom. The van der Waals surface area contributed by atoms with E-state index in [1.165, 1.54) is 28.4 Å². The van der Waals surface area contributed by atoms with Crippen LogP contribution in [0.25, 0.3) is 0 Å². The minimum absolute atomic E-state index is 0.337. The molecule has 0 saturated carbocycles. The highest BCUT2D eigenvalue weighted by Gasteiger charge is 2.13. The van der Waals surface area contributed by atoms with Gasteiger partial charge in [0.1, 0.15) is 22.6 Å². The number of esters is 2. The van der Waals surface area contributed by atoms with Crippen molar-refractivity contribution < 1.29 is 28.5 Å². The van der Waals surface area contributed by atoms with Crippen molar-refractivity contribution in [3.63, 3.8) is 0 Å². The van der Waals surface area contributed by atoms with E-state index >= 15 is 0 Å². The Morgan fingerprint density at radius 2 is 0.941 bits per heavy atom. The summed E-state index contributed by atoms with van der Waals surface area (Å²) in [4.78, 5) is 23.6. The predicted molar refractivity (Wildman–Crippen MR) is 127 cm³/mol. The molecule has 0 fully saturated rings. The Balaban J connectivity index is 1.83. The molecule has 0 aliphatic heterocycles. The van der Waals surface area contributed by atoms with Gasteiger partial charge in [-0.3, -0.25) is 0 Å². The highest BCUT2D eigenvalue weighted by atomic mass is 16.5. The van der Waals surface area contributed by atoms with Gasteiger partial charge in [0.25, 0.3) is 0 Å². The van der Waals surface area contributed by atoms with Gasteiger partial charge >= 0.3 is 11.9 Å². The molecule has 0 N–H and O–H groups in total. The van der Waals surface area contributed by atoms with Crippen LogP contribution in [0.5, 0.6) is 11.5 Å². The molecule has 0 heterocycles. The molecule has 0 saturated heterocycles. The average molecular weight is 454 g/mol. The van der Waals surface area contributed by atoms with Crippen LogP contribution in [0, 0.1) is 23.7 Å². The van der Waals surface area contributed by atoms with Crippen LogP contribution in [0.15, 0.2) is 60.7 Å². The minimum Gasteiger partial charge on any atom is -0.496 e. The van der Waals surface area contributed by atoms with E-state index in [0.717, 1.165) is 11.1 Å². The second-order valence-electron chi connectivity index (χ2n) is 6.89. The van der Waals surface area contributed by atoms with Crippen molar-refractivity contribution >= 4 is 11.9 Å². The van der Waals surface area contributed by atoms with Crippen molar-refractivity contribution in [1.29, 1.82) is 0 Å². The maximum absolute atomic E-state index is 11.8. The molecule has 6 heteroatoms. The van der Waals surface area contributed by atoms with E-state index in [4.69, 9.17) is 18.9 Å². The van der Waals surface area contributed by atoms with Gasteiger partial charge < -0.3 is 18.9 Å². The number of carbonyl (C=O) groups is 2. The molecule has 0 amide bonds. The third-order valence-electron chi connectivity index (χ3n) is 4.78. The predicted octanol–water partition coefficient (Wildman–Crippen LogP) is 4.08. The van der Waals surface area contributed by atoms with E-state index in [1.807, 2.05) is 24.3 Å². The van der Waals surface area contributed by atoms with E-state index in [0.29, 0.717) is 33.8 Å². The van der Waals surface area contributed by atoms with Gasteiger partial charge in [-0.2, -0.15) is 0 Å². The summed E-state index contributed by atoms with van der Waals surface area (Å²) in [5.74, 6) is 12.2. The molecule has 3 aromatic carbocycles. The normalized spacial score (nSPS) is 9.53. The Bertz CT molecular complexity index is 1250. The van der Waals surface area contributed by atoms with Gasteiger partial charge in [-0.25, -0.2) is 9.59 Å². The summed E-state index contributed by atoms with van der Waals surface area (Å²) in [7, 11) is 5.61. The molecular formula is C28H22O6. The van der Waals surface area contributed by atoms with Crippen molar-refractivity contribution in [2.45, 2.75) is 0 Å². The van der Waals surface area contributed by atoms with Gasteiger partial charge in [0.05, 0.1) is 28.4 Å². The first-order chi connectivity index (χ1) is 16.5. The first-order valence-corrected chi connectivity index (χ1v) is 10.2. The van der Waals surface area contributed by atoms with Crippen molar-refractivity contribution in [3.8, 4) is 35.2 Å². The molecule has 0 aliphatic rings. The maximum atomic E-state index is 11.8. The van der Waals surface area contributed by atoms with Crippen LogP contribution in [0.3, 0.4) is 0 Å². The van der Waals surface area contributed by atoms with E-state index in [1.54, 1.807) is 36.4 Å². The summed E-state index contributed by atoms with van der Waals surface area (Å²) in [5, 5.41) is 0. The summed E-state index contributed by atoms with van der Waals surface area (Å²) >= 11 is 0. The van der Waals surface area contributed by atoms with Gasteiger partial charge in [0.2, 0.25) is 0 Å². The zero-order valence-corrected chi connectivity index (χ0v) is 19.2. The molecule has 0 radical (unpaired) electrons. The zero-order chi connectivity index (χ0) is 24.5. The molecule has 0 bridgehead atoms. The van der Waals surface area contributed by atoms with Crippen LogP contribution in [-0.4, -0.2) is 40.4 Å². The smallest absolute Gasteiger partial charge is 0.341 e. The van der Waals surface area contributed by atoms with Crippen LogP contribution < -0.4 is 9.47 Å². The number of ether oxygens (including phenoxy) is 4. The molecule has 0 aliphatic carbocycles. The fourth-order valence-corrected chi connectivity index (χ4v) is 3.06. The molecular weight excluding hydrogens is 432 g/mol. The van der Waals surface area contributed by atoms with Gasteiger partial charge in [-0.15, -0.1) is 0 Å². The maximum Gasteiger partial charge on any atom is 0.341 e. The number of rotatable bonds is 4. The van der Waals surface area contributed by atoms with Crippen molar-refractivity contribution in [2.24, 2.45) is 0 Å². The third kappa shape index (κ3) is 5.76. The Morgan fingerprint density at radius 1 is 0.559 bits per heavy atom. The van der Waals surface area contributed by atoms with Crippen LogP contribution in [0.4, 0.5) is 0 Å². The Labute approximate surface area is 198 Å². The topological polar surface area (TPSA) is 71.1 Å². The second-order valence-corrected chi connectivity index (χ2v) is 6.89. The molecule has 170 valence electrons. The summed E-state index contributed by atoms with van der Waals surface area (Å²) in [6.07, 6.45) is 0. The van der Waals surface area contributed by atoms with Gasteiger partial charge in [-0.05, 0) is 54.6 Å². The lowest BCUT2D eigenvalue weighted by Gasteiger charge is -2.06. The monoisotopic (exact) mass is 454 g/mol. The number of carbonyl (C=O) groups excluding carboxylic acids is 2. The van der Waals surface area contributed by atoms with Crippen LogP contribution in [0.1, 0.15) is 43.0 Å². The van der Waals surface area contributed by atoms with Crippen LogP contribution in [-0.2, 0) is 9.47 Å². The largest absolute Gasteiger partial charge is 0.496 e. The van der Waals surface area contributed by atoms with Gasteiger partial charge in [0.15, 0.2) is 0 Å². The lowest BCUT2D eigenvalue weighted by atomic mass is 10.1. The molecule has 0 unspecified atom stereocenters. The van der Waals surface area contributed by atoms with E-state index in [9.17, 15) is 9.59 Å². The first kappa shape index (κ1) is 24.0. The number of hydrogen-bond acceptors (Lipinski definition) is 6. The summed E-state index contributed by atoms with van der Waals surface area (Å²) in [6.45, 7) is 0. The molecule has 3 aromatic rings. The average Bonchev–Trinajstić information content (AvgIpc) is 2.89. The van der Waals surface area contributed by atoms with Crippen LogP contribution in [0.2, 0.25) is 0 Å². The SMILES string of the molecule is COC(=O)c1ccc(C#Cc2cccc(C#Cc3ccc(C(=O)OC)c(OC)c3)c2)cc1OC. The summed E-state index contributed by atoms with van der Waals surface area (Å²) in [5.41, 5.74) is 3.62. The van der Waals surface area contributed by atoms with Crippen molar-refractivity contribution in [1.82, 2.24) is 0 Å². The van der Waals surface area contributed by atoms with Crippen LogP contribution >= 0.6 is 0 Å². The lowest BCUT2D eigenvalue weighted by molar-refractivity contribution is 0.0588. The fraction of sp³-hybridized carbons (Fsp3) is 0.143. The van der Waals surface area contributed by atoms with E-state index < -0.39 is 11.9 Å². The quantitative estimate of drug-likeness (QED) is 0.437. The molecule has 6 nitrogen and oxygen atoms in total. The highest BCUT2D eigenvalue weighted by Crippen LogP contribution is 2.22. The molecule has 3 rings (SSSR count). The zero-order valence-electron chi connectivity index (χ0n) is 19.2. The standard InChI is InChI=1S/C28H22O6/c1-31-25-17-21(12-14-23(25)27(29)33-3)10-8-19-6-5-7-20(16-19)9-11-22-13-15-24(28(30)34-4)26(18-22)32-2/h5-7,12-18H,1-4H3. The van der Waals surface area contributed by atoms with Gasteiger partial charge in [0, 0.05) is 22.3 Å². The van der Waals surface area contributed by atoms with E-state index in [2.05, 4.69) is 23.7 Å². The Hall–Kier alpha value is -4.68.